The van der Waals surface area contributed by atoms with E-state index in [4.69, 9.17) is 4.74 Å². The van der Waals surface area contributed by atoms with Crippen LogP contribution in [0.5, 0.6) is 5.75 Å². The molecule has 31 heavy (non-hydrogen) atoms. The average Bonchev–Trinajstić information content (AvgIpc) is 2.78. The van der Waals surface area contributed by atoms with E-state index >= 15 is 0 Å². The molecule has 2 amide bonds. The Morgan fingerprint density at radius 1 is 1.13 bits per heavy atom. The lowest BCUT2D eigenvalue weighted by molar-refractivity contribution is -0.163. The second kappa shape index (κ2) is 6.96. The third kappa shape index (κ3) is 3.01. The summed E-state index contributed by atoms with van der Waals surface area (Å²) in [4.78, 5) is 28.4. The zero-order chi connectivity index (χ0) is 21.2. The molecule has 6 unspecified atom stereocenters. The highest BCUT2D eigenvalue weighted by atomic mass is 16.5. The molecule has 6 atom stereocenters. The van der Waals surface area contributed by atoms with Crippen molar-refractivity contribution in [2.75, 3.05) is 13.1 Å². The van der Waals surface area contributed by atoms with Gasteiger partial charge in [-0.1, -0.05) is 25.0 Å². The number of carbonyl (C=O) groups excluding carboxylic acids is 2. The molecule has 166 valence electrons. The Morgan fingerprint density at radius 2 is 2.00 bits per heavy atom. The molecule has 0 radical (unpaired) electrons. The molecule has 6 aliphatic rings. The summed E-state index contributed by atoms with van der Waals surface area (Å²) in [7, 11) is 0. The minimum Gasteiger partial charge on any atom is -0.467 e. The van der Waals surface area contributed by atoms with Gasteiger partial charge in [-0.3, -0.25) is 9.59 Å². The average molecular weight is 425 g/mol. The van der Waals surface area contributed by atoms with Crippen molar-refractivity contribution in [2.45, 2.75) is 69.1 Å². The second-order valence-corrected chi connectivity index (χ2v) is 10.6. The van der Waals surface area contributed by atoms with Crippen molar-refractivity contribution in [1.29, 1.82) is 0 Å². The standard InChI is InChI=1S/C25H32N2O4/c28-22-19-6-1-2-7-21(19)31-25(26-22)14-16-8-9-17(25)13-20(16)23(29)27-12-11-24(30)10-4-3-5-18(24)15-27/h1-2,6-7,16-18,20,30H,3-5,8-15H2,(H,26,28). The summed E-state index contributed by atoms with van der Waals surface area (Å²) in [5.74, 6) is 1.48. The number of ether oxygens (including phenoxy) is 1. The van der Waals surface area contributed by atoms with Crippen molar-refractivity contribution in [2.24, 2.45) is 23.7 Å². The third-order valence-corrected chi connectivity index (χ3v) is 9.02. The fourth-order valence-corrected chi connectivity index (χ4v) is 7.27. The first-order valence-corrected chi connectivity index (χ1v) is 12.1. The molecule has 2 heterocycles. The van der Waals surface area contributed by atoms with E-state index in [2.05, 4.69) is 5.32 Å². The summed E-state index contributed by atoms with van der Waals surface area (Å²) < 4.78 is 6.43. The highest BCUT2D eigenvalue weighted by Gasteiger charge is 2.58. The molecule has 2 bridgehead atoms. The number of para-hydroxylation sites is 1. The topological polar surface area (TPSA) is 78.9 Å². The third-order valence-electron chi connectivity index (χ3n) is 9.02. The molecule has 6 heteroatoms. The van der Waals surface area contributed by atoms with Crippen LogP contribution >= 0.6 is 0 Å². The van der Waals surface area contributed by atoms with Gasteiger partial charge in [-0.15, -0.1) is 0 Å². The maximum absolute atomic E-state index is 13.6. The highest BCUT2D eigenvalue weighted by Crippen LogP contribution is 2.53. The molecule has 5 fully saturated rings. The number of benzene rings is 1. The highest BCUT2D eigenvalue weighted by molar-refractivity contribution is 5.98. The Morgan fingerprint density at radius 3 is 2.84 bits per heavy atom. The number of amides is 2. The zero-order valence-corrected chi connectivity index (χ0v) is 18.0. The van der Waals surface area contributed by atoms with Crippen LogP contribution in [-0.2, 0) is 4.79 Å². The van der Waals surface area contributed by atoms with Gasteiger partial charge in [-0.2, -0.15) is 0 Å². The van der Waals surface area contributed by atoms with Gasteiger partial charge in [0.1, 0.15) is 5.75 Å². The molecule has 4 saturated carbocycles. The predicted octanol–water partition coefficient (Wildman–Crippen LogP) is 3.09. The molecule has 4 aliphatic carbocycles. The van der Waals surface area contributed by atoms with E-state index in [9.17, 15) is 14.7 Å². The lowest BCUT2D eigenvalue weighted by Gasteiger charge is -2.56. The second-order valence-electron chi connectivity index (χ2n) is 10.6. The fourth-order valence-electron chi connectivity index (χ4n) is 7.27. The van der Waals surface area contributed by atoms with Crippen LogP contribution in [0.3, 0.4) is 0 Å². The van der Waals surface area contributed by atoms with Crippen LogP contribution in [0.15, 0.2) is 24.3 Å². The summed E-state index contributed by atoms with van der Waals surface area (Å²) >= 11 is 0. The van der Waals surface area contributed by atoms with Gasteiger partial charge in [0.2, 0.25) is 5.91 Å². The van der Waals surface area contributed by atoms with Crippen molar-refractivity contribution in [3.63, 3.8) is 0 Å². The zero-order valence-electron chi connectivity index (χ0n) is 18.0. The van der Waals surface area contributed by atoms with Crippen LogP contribution in [0.1, 0.15) is 68.1 Å². The molecule has 0 aromatic heterocycles. The molecule has 1 saturated heterocycles. The van der Waals surface area contributed by atoms with Gasteiger partial charge in [-0.05, 0) is 56.6 Å². The van der Waals surface area contributed by atoms with Crippen LogP contribution < -0.4 is 10.1 Å². The molecule has 1 spiro atoms. The molecule has 1 aromatic rings. The maximum atomic E-state index is 13.6. The Hall–Kier alpha value is -2.08. The molecular formula is C25H32N2O4. The van der Waals surface area contributed by atoms with E-state index in [0.29, 0.717) is 37.2 Å². The Kier molecular flexibility index (Phi) is 4.40. The first-order valence-electron chi connectivity index (χ1n) is 12.1. The fraction of sp³-hybridized carbons (Fsp3) is 0.680. The summed E-state index contributed by atoms with van der Waals surface area (Å²) in [5, 5.41) is 14.2. The van der Waals surface area contributed by atoms with E-state index in [0.717, 1.165) is 44.9 Å². The van der Waals surface area contributed by atoms with E-state index in [1.807, 2.05) is 23.1 Å². The predicted molar refractivity (Wildman–Crippen MR) is 114 cm³/mol. The van der Waals surface area contributed by atoms with Crippen LogP contribution in [-0.4, -0.2) is 46.2 Å². The number of likely N-dealkylation sites (tertiary alicyclic amines) is 1. The molecule has 7 rings (SSSR count). The number of piperidine rings is 1. The number of nitrogens with one attached hydrogen (secondary N) is 1. The SMILES string of the molecule is O=C1NC2(CC3CCC2CC3C(=O)N2CCC3(O)CCCCC3C2)Oc2ccccc21. The number of rotatable bonds is 1. The van der Waals surface area contributed by atoms with Crippen molar-refractivity contribution >= 4 is 11.8 Å². The van der Waals surface area contributed by atoms with E-state index in [-0.39, 0.29) is 35.5 Å². The number of hydrogen-bond donors (Lipinski definition) is 2. The van der Waals surface area contributed by atoms with Crippen LogP contribution in [0, 0.1) is 23.7 Å². The molecule has 1 aromatic carbocycles. The van der Waals surface area contributed by atoms with Crippen LogP contribution in [0.25, 0.3) is 0 Å². The number of carbonyl (C=O) groups is 2. The Balaban J connectivity index is 1.19. The number of hydrogen-bond acceptors (Lipinski definition) is 4. The molecular weight excluding hydrogens is 392 g/mol. The largest absolute Gasteiger partial charge is 0.467 e. The van der Waals surface area contributed by atoms with Gasteiger partial charge < -0.3 is 20.1 Å². The normalized spacial score (nSPS) is 41.2. The van der Waals surface area contributed by atoms with E-state index in [1.165, 1.54) is 0 Å². The summed E-state index contributed by atoms with van der Waals surface area (Å²) in [5.41, 5.74) is -0.634. The molecule has 2 N–H and O–H groups in total. The lowest BCUT2D eigenvalue weighted by Crippen LogP contribution is -2.67. The Bertz CT molecular complexity index is 919. The van der Waals surface area contributed by atoms with Crippen molar-refractivity contribution in [3.8, 4) is 5.75 Å². The number of aliphatic hydroxyl groups is 1. The quantitative estimate of drug-likeness (QED) is 0.726. The summed E-state index contributed by atoms with van der Waals surface area (Å²) in [6.07, 6.45) is 8.36. The van der Waals surface area contributed by atoms with Gasteiger partial charge in [0.25, 0.3) is 5.91 Å². The first-order chi connectivity index (χ1) is 15.0. The van der Waals surface area contributed by atoms with Gasteiger partial charge in [0, 0.05) is 37.3 Å². The van der Waals surface area contributed by atoms with Crippen LogP contribution in [0.2, 0.25) is 0 Å². The first kappa shape index (κ1) is 19.6. The van der Waals surface area contributed by atoms with Gasteiger partial charge >= 0.3 is 0 Å². The summed E-state index contributed by atoms with van der Waals surface area (Å²) in [6, 6.07) is 7.43. The number of nitrogens with zero attached hydrogens (tertiary/aromatic N) is 1. The maximum Gasteiger partial charge on any atom is 0.258 e. The van der Waals surface area contributed by atoms with Crippen molar-refractivity contribution in [1.82, 2.24) is 10.2 Å². The molecule has 2 aliphatic heterocycles. The van der Waals surface area contributed by atoms with Gasteiger partial charge in [0.05, 0.1) is 11.2 Å². The number of fused-ring (bicyclic) bond motifs is 4. The van der Waals surface area contributed by atoms with E-state index < -0.39 is 11.3 Å². The van der Waals surface area contributed by atoms with E-state index in [1.54, 1.807) is 6.07 Å². The van der Waals surface area contributed by atoms with Gasteiger partial charge in [0.15, 0.2) is 5.72 Å². The van der Waals surface area contributed by atoms with Gasteiger partial charge in [-0.25, -0.2) is 0 Å². The lowest BCUT2D eigenvalue weighted by atomic mass is 9.59. The minimum absolute atomic E-state index is 0.0110. The minimum atomic E-state index is -0.670. The summed E-state index contributed by atoms with van der Waals surface area (Å²) in [6.45, 7) is 1.38. The van der Waals surface area contributed by atoms with Crippen molar-refractivity contribution in [3.05, 3.63) is 29.8 Å². The van der Waals surface area contributed by atoms with Crippen molar-refractivity contribution < 1.29 is 19.4 Å². The Labute approximate surface area is 183 Å². The monoisotopic (exact) mass is 424 g/mol. The van der Waals surface area contributed by atoms with Crippen LogP contribution in [0.4, 0.5) is 0 Å². The molecule has 6 nitrogen and oxygen atoms in total. The smallest absolute Gasteiger partial charge is 0.258 e.